The Kier molecular flexibility index (Phi) is 10.1. The molecule has 0 spiro atoms. The lowest BCUT2D eigenvalue weighted by Crippen LogP contribution is -2.30. The molecule has 0 aromatic heterocycles. The Labute approximate surface area is 198 Å². The van der Waals surface area contributed by atoms with E-state index in [1.54, 1.807) is 12.2 Å². The molecule has 176 valence electrons. The van der Waals surface area contributed by atoms with Gasteiger partial charge < -0.3 is 20.3 Å². The number of nitrogens with one attached hydrogen (secondary N) is 2. The van der Waals surface area contributed by atoms with Crippen molar-refractivity contribution in [1.82, 2.24) is 10.6 Å². The van der Waals surface area contributed by atoms with Crippen molar-refractivity contribution in [1.29, 1.82) is 5.26 Å². The Bertz CT molecular complexity index is 1050. The number of aromatic hydroxyl groups is 2. The summed E-state index contributed by atoms with van der Waals surface area (Å²) in [6.45, 7) is 5.46. The predicted octanol–water partition coefficient (Wildman–Crippen LogP) is 2.03. The Balaban J connectivity index is 3.56. The number of hydrogen-bond acceptors (Lipinski definition) is 10. The fourth-order valence-corrected chi connectivity index (χ4v) is 2.56. The number of aliphatic imine (C=N–C) groups is 1. The van der Waals surface area contributed by atoms with Crippen molar-refractivity contribution in [3.05, 3.63) is 22.1 Å². The number of anilines is 1. The van der Waals surface area contributed by atoms with Gasteiger partial charge >= 0.3 is 0 Å². The third kappa shape index (κ3) is 6.83. The number of nitriles is 1. The van der Waals surface area contributed by atoms with Gasteiger partial charge in [0.05, 0.1) is 6.20 Å². The summed E-state index contributed by atoms with van der Waals surface area (Å²) in [4.78, 5) is 37.0. The van der Waals surface area contributed by atoms with Crippen LogP contribution in [0.2, 0.25) is 10.0 Å². The highest BCUT2D eigenvalue weighted by atomic mass is 35.5. The fourth-order valence-electron chi connectivity index (χ4n) is 2.07. The summed E-state index contributed by atoms with van der Waals surface area (Å²) in [5, 5.41) is 37.6. The van der Waals surface area contributed by atoms with Crippen molar-refractivity contribution in [2.45, 2.75) is 20.8 Å². The number of hydrogen-bond donors (Lipinski definition) is 4. The second-order valence-electron chi connectivity index (χ2n) is 6.46. The Hall–Kier alpha value is -3.82. The van der Waals surface area contributed by atoms with Crippen LogP contribution < -0.4 is 20.4 Å². The van der Waals surface area contributed by atoms with Gasteiger partial charge in [-0.3, -0.25) is 24.7 Å². The molecule has 0 saturated carbocycles. The summed E-state index contributed by atoms with van der Waals surface area (Å²) < 4.78 is 5.53. The van der Waals surface area contributed by atoms with Gasteiger partial charge in [-0.05, 0) is 12.8 Å². The molecule has 0 radical (unpaired) electrons. The molecule has 0 aliphatic rings. The second kappa shape index (κ2) is 12.3. The van der Waals surface area contributed by atoms with Crippen LogP contribution in [0.4, 0.5) is 5.69 Å². The minimum absolute atomic E-state index is 0.0283. The van der Waals surface area contributed by atoms with E-state index < -0.39 is 44.6 Å². The van der Waals surface area contributed by atoms with Crippen LogP contribution >= 0.6 is 23.2 Å². The van der Waals surface area contributed by atoms with Crippen LogP contribution in [-0.4, -0.2) is 47.4 Å². The molecule has 4 N–H and O–H groups in total. The molecule has 3 amide bonds. The molecule has 0 bridgehead atoms. The average Bonchev–Trinajstić information content (AvgIpc) is 2.77. The van der Waals surface area contributed by atoms with Gasteiger partial charge in [0.15, 0.2) is 17.2 Å². The highest BCUT2D eigenvalue weighted by Crippen LogP contribution is 2.53. The highest BCUT2D eigenvalue weighted by molar-refractivity contribution is 6.46. The van der Waals surface area contributed by atoms with Gasteiger partial charge in [0.25, 0.3) is 5.91 Å². The Morgan fingerprint density at radius 3 is 2.24 bits per heavy atom. The van der Waals surface area contributed by atoms with E-state index in [0.717, 1.165) is 11.2 Å². The maximum atomic E-state index is 11.7. The lowest BCUT2D eigenvalue weighted by molar-refractivity contribution is -0.120. The quantitative estimate of drug-likeness (QED) is 0.164. The van der Waals surface area contributed by atoms with Crippen LogP contribution in [0.25, 0.3) is 0 Å². The lowest BCUT2D eigenvalue weighted by atomic mass is 10.1. The number of amides is 3. The van der Waals surface area contributed by atoms with Crippen molar-refractivity contribution in [2.24, 2.45) is 16.0 Å². The largest absolute Gasteiger partial charge is 0.504 e. The minimum Gasteiger partial charge on any atom is -0.504 e. The molecular formula is C19H20Cl2N6O6. The topological polar surface area (TPSA) is 177 Å². The van der Waals surface area contributed by atoms with Gasteiger partial charge in [0.1, 0.15) is 21.8 Å². The van der Waals surface area contributed by atoms with Crippen LogP contribution in [0.15, 0.2) is 22.2 Å². The maximum Gasteiger partial charge on any atom is 0.288 e. The van der Waals surface area contributed by atoms with Gasteiger partial charge in [0.2, 0.25) is 24.4 Å². The normalized spacial score (nSPS) is 12.1. The number of hydrazone groups is 1. The van der Waals surface area contributed by atoms with Crippen LogP contribution in [0, 0.1) is 17.2 Å². The van der Waals surface area contributed by atoms with E-state index in [2.05, 4.69) is 15.4 Å². The van der Waals surface area contributed by atoms with Crippen molar-refractivity contribution >= 4 is 59.0 Å². The fraction of sp³-hybridized carbons (Fsp3) is 0.263. The van der Waals surface area contributed by atoms with Crippen LogP contribution in [-0.2, 0) is 14.4 Å². The number of phenols is 2. The summed E-state index contributed by atoms with van der Waals surface area (Å²) in [6, 6.07) is 1.47. The van der Waals surface area contributed by atoms with E-state index in [-0.39, 0.29) is 18.2 Å². The first kappa shape index (κ1) is 27.2. The molecule has 14 heteroatoms. The van der Waals surface area contributed by atoms with Gasteiger partial charge in [0, 0.05) is 12.8 Å². The number of rotatable bonds is 10. The Morgan fingerprint density at radius 1 is 1.21 bits per heavy atom. The van der Waals surface area contributed by atoms with E-state index in [1.807, 2.05) is 13.8 Å². The number of ether oxygens (including phenoxy) is 1. The van der Waals surface area contributed by atoms with Crippen LogP contribution in [0.1, 0.15) is 20.8 Å². The molecule has 0 aliphatic carbocycles. The number of imide groups is 1. The number of benzene rings is 1. The highest BCUT2D eigenvalue weighted by Gasteiger charge is 2.27. The zero-order valence-electron chi connectivity index (χ0n) is 17.9. The molecule has 12 nitrogen and oxygen atoms in total. The van der Waals surface area contributed by atoms with Crippen molar-refractivity contribution in [3.8, 4) is 23.3 Å². The average molecular weight is 499 g/mol. The minimum atomic E-state index is -1.12. The smallest absolute Gasteiger partial charge is 0.288 e. The molecule has 0 saturated heterocycles. The number of halogens is 2. The van der Waals surface area contributed by atoms with E-state index >= 15 is 0 Å². The molecule has 0 heterocycles. The SMILES string of the molecule is CC(=N/C(=C\NC=O)Oc1c(Cl)c(O)c(N(C)/N=C(/C#N)C(=O)NC=O)c(O)c1Cl)C(C)C. The molecule has 0 unspecified atom stereocenters. The third-order valence-electron chi connectivity index (χ3n) is 3.95. The summed E-state index contributed by atoms with van der Waals surface area (Å²) >= 11 is 12.4. The van der Waals surface area contributed by atoms with Crippen molar-refractivity contribution < 1.29 is 29.3 Å². The first-order valence-corrected chi connectivity index (χ1v) is 9.78. The summed E-state index contributed by atoms with van der Waals surface area (Å²) in [6.07, 6.45) is 1.53. The summed E-state index contributed by atoms with van der Waals surface area (Å²) in [5.41, 5.74) is -0.611. The standard InChI is InChI=1S/C19H20Cl2N6O6/c1-9(2)10(3)25-12(6-23-7-28)33-18-13(20)16(30)15(17(31)14(18)21)27(4)26-11(5-22)19(32)24-8-29/h6-9,30-31H,1-4H3,(H,23,28)(H,24,29,32)/b12-6+,25-10?,26-11-. The maximum absolute atomic E-state index is 11.7. The monoisotopic (exact) mass is 498 g/mol. The molecule has 0 aliphatic heterocycles. The van der Waals surface area contributed by atoms with Gasteiger partial charge in [-0.1, -0.05) is 37.0 Å². The zero-order chi connectivity index (χ0) is 25.3. The second-order valence-corrected chi connectivity index (χ2v) is 7.21. The molecule has 33 heavy (non-hydrogen) atoms. The molecule has 0 atom stereocenters. The van der Waals surface area contributed by atoms with Gasteiger partial charge in [-0.25, -0.2) is 4.99 Å². The molecule has 0 fully saturated rings. The molecule has 1 aromatic rings. The van der Waals surface area contributed by atoms with E-state index in [9.17, 15) is 24.6 Å². The van der Waals surface area contributed by atoms with Gasteiger partial charge in [-0.15, -0.1) is 0 Å². The predicted molar refractivity (Wildman–Crippen MR) is 121 cm³/mol. The van der Waals surface area contributed by atoms with Crippen molar-refractivity contribution in [3.63, 3.8) is 0 Å². The van der Waals surface area contributed by atoms with Crippen LogP contribution in [0.3, 0.4) is 0 Å². The van der Waals surface area contributed by atoms with E-state index in [4.69, 9.17) is 33.2 Å². The lowest BCUT2D eigenvalue weighted by Gasteiger charge is -2.20. The summed E-state index contributed by atoms with van der Waals surface area (Å²) in [5.74, 6) is -3.17. The molecule has 1 aromatic carbocycles. The zero-order valence-corrected chi connectivity index (χ0v) is 19.4. The molecular weight excluding hydrogens is 479 g/mol. The van der Waals surface area contributed by atoms with E-state index in [1.165, 1.54) is 13.1 Å². The third-order valence-corrected chi connectivity index (χ3v) is 4.65. The number of phenolic OH excluding ortho intramolecular Hbond substituents is 2. The summed E-state index contributed by atoms with van der Waals surface area (Å²) in [7, 11) is 1.17. The first-order chi connectivity index (χ1) is 15.5. The number of carbonyl (C=O) groups excluding carboxylic acids is 3. The van der Waals surface area contributed by atoms with E-state index in [0.29, 0.717) is 12.1 Å². The van der Waals surface area contributed by atoms with Gasteiger partial charge in [-0.2, -0.15) is 10.4 Å². The van der Waals surface area contributed by atoms with Crippen molar-refractivity contribution in [2.75, 3.05) is 12.1 Å². The first-order valence-electron chi connectivity index (χ1n) is 9.02. The number of carbonyl (C=O) groups is 3. The Morgan fingerprint density at radius 2 is 1.79 bits per heavy atom. The van der Waals surface area contributed by atoms with Crippen LogP contribution in [0.5, 0.6) is 17.2 Å². The number of nitrogens with zero attached hydrogens (tertiary/aromatic N) is 4. The molecule has 1 rings (SSSR count).